The Morgan fingerprint density at radius 2 is 2.10 bits per heavy atom. The third-order valence-electron chi connectivity index (χ3n) is 2.45. The number of benzene rings is 1. The van der Waals surface area contributed by atoms with Crippen molar-refractivity contribution in [1.29, 1.82) is 0 Å². The van der Waals surface area contributed by atoms with E-state index in [1.807, 2.05) is 35.7 Å². The molecule has 0 aliphatic heterocycles. The van der Waals surface area contributed by atoms with Gasteiger partial charge in [0.1, 0.15) is 12.4 Å². The van der Waals surface area contributed by atoms with Crippen LogP contribution in [0.4, 0.5) is 5.69 Å². The van der Waals surface area contributed by atoms with Gasteiger partial charge in [0.25, 0.3) is 5.91 Å². The molecule has 2 N–H and O–H groups in total. The number of carbonyl (C=O) groups excluding carboxylic acids is 1. The third kappa shape index (κ3) is 4.70. The van der Waals surface area contributed by atoms with E-state index in [4.69, 9.17) is 17.0 Å². The number of hydrogen-bond donors (Lipinski definition) is 2. The van der Waals surface area contributed by atoms with Crippen LogP contribution in [0.5, 0.6) is 5.75 Å². The topological polar surface area (TPSA) is 50.4 Å². The molecule has 21 heavy (non-hydrogen) atoms. The van der Waals surface area contributed by atoms with E-state index in [9.17, 15) is 4.79 Å². The van der Waals surface area contributed by atoms with Crippen molar-refractivity contribution in [3.63, 3.8) is 0 Å². The van der Waals surface area contributed by atoms with Gasteiger partial charge in [0.15, 0.2) is 5.11 Å². The largest absolute Gasteiger partial charge is 0.490 e. The molecule has 0 saturated carbocycles. The van der Waals surface area contributed by atoms with E-state index in [-0.39, 0.29) is 11.0 Å². The predicted molar refractivity (Wildman–Crippen MR) is 90.1 cm³/mol. The summed E-state index contributed by atoms with van der Waals surface area (Å²) in [4.78, 5) is 12.4. The number of thiophene rings is 1. The molecular formula is C15H14N2O2S2. The van der Waals surface area contributed by atoms with Crippen molar-refractivity contribution in [3.8, 4) is 5.75 Å². The lowest BCUT2D eigenvalue weighted by Gasteiger charge is -2.09. The molecule has 0 unspecified atom stereocenters. The standard InChI is InChI=1S/C15H14N2O2S2/c1-2-9-19-12-7-5-11(6-8-12)16-15(20)17-14(18)13-4-3-10-21-13/h2-8,10H,1,9H2,(H2,16,17,18,20). The van der Waals surface area contributed by atoms with Gasteiger partial charge in [0, 0.05) is 5.69 Å². The van der Waals surface area contributed by atoms with Crippen LogP contribution in [0.15, 0.2) is 54.4 Å². The Kier molecular flexibility index (Phi) is 5.48. The van der Waals surface area contributed by atoms with Gasteiger partial charge in [-0.05, 0) is 47.9 Å². The third-order valence-corrected chi connectivity index (χ3v) is 3.52. The van der Waals surface area contributed by atoms with Gasteiger partial charge in [0.05, 0.1) is 4.88 Å². The van der Waals surface area contributed by atoms with Crippen LogP contribution in [0.3, 0.4) is 0 Å². The van der Waals surface area contributed by atoms with Crippen molar-refractivity contribution in [3.05, 3.63) is 59.3 Å². The molecule has 1 heterocycles. The second-order valence-electron chi connectivity index (χ2n) is 4.01. The summed E-state index contributed by atoms with van der Waals surface area (Å²) in [7, 11) is 0. The number of thiocarbonyl (C=S) groups is 1. The van der Waals surface area contributed by atoms with Crippen LogP contribution >= 0.6 is 23.6 Å². The van der Waals surface area contributed by atoms with E-state index >= 15 is 0 Å². The van der Waals surface area contributed by atoms with Gasteiger partial charge in [-0.2, -0.15) is 0 Å². The highest BCUT2D eigenvalue weighted by Crippen LogP contribution is 2.15. The maximum Gasteiger partial charge on any atom is 0.267 e. The van der Waals surface area contributed by atoms with Crippen molar-refractivity contribution < 1.29 is 9.53 Å². The number of anilines is 1. The van der Waals surface area contributed by atoms with Crippen molar-refractivity contribution >= 4 is 40.3 Å². The Morgan fingerprint density at radius 1 is 1.33 bits per heavy atom. The lowest BCUT2D eigenvalue weighted by Crippen LogP contribution is -2.33. The first-order valence-electron chi connectivity index (χ1n) is 6.18. The highest BCUT2D eigenvalue weighted by molar-refractivity contribution is 7.80. The molecule has 0 atom stereocenters. The average Bonchev–Trinajstić information content (AvgIpc) is 3.01. The number of hydrogen-bond acceptors (Lipinski definition) is 4. The maximum atomic E-state index is 11.8. The van der Waals surface area contributed by atoms with Gasteiger partial charge in [0.2, 0.25) is 0 Å². The summed E-state index contributed by atoms with van der Waals surface area (Å²) in [6, 6.07) is 10.8. The summed E-state index contributed by atoms with van der Waals surface area (Å²) in [5, 5.41) is 7.67. The second kappa shape index (κ2) is 7.56. The quantitative estimate of drug-likeness (QED) is 0.655. The second-order valence-corrected chi connectivity index (χ2v) is 5.37. The minimum atomic E-state index is -0.214. The van der Waals surface area contributed by atoms with Crippen LogP contribution in [-0.4, -0.2) is 17.6 Å². The van der Waals surface area contributed by atoms with E-state index in [0.29, 0.717) is 11.5 Å². The molecule has 0 fully saturated rings. The molecule has 6 heteroatoms. The van der Waals surface area contributed by atoms with Gasteiger partial charge < -0.3 is 10.1 Å². The molecule has 0 spiro atoms. The zero-order valence-corrected chi connectivity index (χ0v) is 12.8. The molecule has 1 amide bonds. The first-order chi connectivity index (χ1) is 10.2. The Hall–Kier alpha value is -2.18. The van der Waals surface area contributed by atoms with Crippen LogP contribution in [0.1, 0.15) is 9.67 Å². The highest BCUT2D eigenvalue weighted by atomic mass is 32.1. The molecule has 1 aromatic carbocycles. The summed E-state index contributed by atoms with van der Waals surface area (Å²) in [6.45, 7) is 4.05. The molecule has 0 aliphatic rings. The highest BCUT2D eigenvalue weighted by Gasteiger charge is 2.08. The van der Waals surface area contributed by atoms with Crippen molar-refractivity contribution in [1.82, 2.24) is 5.32 Å². The first kappa shape index (κ1) is 15.2. The summed E-state index contributed by atoms with van der Waals surface area (Å²) in [5.41, 5.74) is 0.775. The van der Waals surface area contributed by atoms with E-state index in [1.165, 1.54) is 11.3 Å². The molecule has 0 radical (unpaired) electrons. The lowest BCUT2D eigenvalue weighted by atomic mass is 10.3. The molecule has 0 aliphatic carbocycles. The number of nitrogens with one attached hydrogen (secondary N) is 2. The summed E-state index contributed by atoms with van der Waals surface area (Å²) >= 11 is 6.47. The Morgan fingerprint density at radius 3 is 2.71 bits per heavy atom. The SMILES string of the molecule is C=CCOc1ccc(NC(=S)NC(=O)c2cccs2)cc1. The van der Waals surface area contributed by atoms with Crippen molar-refractivity contribution in [2.75, 3.05) is 11.9 Å². The fourth-order valence-electron chi connectivity index (χ4n) is 1.52. The Balaban J connectivity index is 1.87. The monoisotopic (exact) mass is 318 g/mol. The van der Waals surface area contributed by atoms with E-state index < -0.39 is 0 Å². The summed E-state index contributed by atoms with van der Waals surface area (Å²) in [6.07, 6.45) is 1.68. The fraction of sp³-hybridized carbons (Fsp3) is 0.0667. The Bertz CT molecular complexity index is 622. The Labute approximate surface area is 132 Å². The molecule has 2 rings (SSSR count). The van der Waals surface area contributed by atoms with Gasteiger partial charge in [-0.3, -0.25) is 10.1 Å². The smallest absolute Gasteiger partial charge is 0.267 e. The van der Waals surface area contributed by atoms with Crippen LogP contribution in [0.25, 0.3) is 0 Å². The summed E-state index contributed by atoms with van der Waals surface area (Å²) < 4.78 is 5.38. The summed E-state index contributed by atoms with van der Waals surface area (Å²) in [5.74, 6) is 0.530. The lowest BCUT2D eigenvalue weighted by molar-refractivity contribution is 0.0981. The van der Waals surface area contributed by atoms with Crippen molar-refractivity contribution in [2.24, 2.45) is 0 Å². The zero-order valence-electron chi connectivity index (χ0n) is 11.2. The number of amides is 1. The minimum Gasteiger partial charge on any atom is -0.490 e. The van der Waals surface area contributed by atoms with E-state index in [1.54, 1.807) is 12.1 Å². The van der Waals surface area contributed by atoms with Crippen LogP contribution < -0.4 is 15.4 Å². The molecule has 0 saturated heterocycles. The van der Waals surface area contributed by atoms with Crippen LogP contribution in [0, 0.1) is 0 Å². The van der Waals surface area contributed by atoms with Gasteiger partial charge >= 0.3 is 0 Å². The maximum absolute atomic E-state index is 11.8. The van der Waals surface area contributed by atoms with Crippen LogP contribution in [0.2, 0.25) is 0 Å². The number of carbonyl (C=O) groups is 1. The molecule has 0 bridgehead atoms. The van der Waals surface area contributed by atoms with E-state index in [0.717, 1.165) is 11.4 Å². The molecule has 1 aromatic heterocycles. The van der Waals surface area contributed by atoms with E-state index in [2.05, 4.69) is 17.2 Å². The molecule has 4 nitrogen and oxygen atoms in total. The molecule has 2 aromatic rings. The zero-order chi connectivity index (χ0) is 15.1. The number of rotatable bonds is 5. The fourth-order valence-corrected chi connectivity index (χ4v) is 2.35. The molecular weight excluding hydrogens is 304 g/mol. The van der Waals surface area contributed by atoms with Gasteiger partial charge in [-0.1, -0.05) is 18.7 Å². The van der Waals surface area contributed by atoms with Crippen molar-refractivity contribution in [2.45, 2.75) is 0 Å². The average molecular weight is 318 g/mol. The van der Waals surface area contributed by atoms with Crippen LogP contribution in [-0.2, 0) is 0 Å². The van der Waals surface area contributed by atoms with Gasteiger partial charge in [-0.15, -0.1) is 11.3 Å². The minimum absolute atomic E-state index is 0.214. The predicted octanol–water partition coefficient (Wildman–Crippen LogP) is 3.44. The first-order valence-corrected chi connectivity index (χ1v) is 7.47. The normalized spacial score (nSPS) is 9.71. The molecule has 108 valence electrons. The van der Waals surface area contributed by atoms with Gasteiger partial charge in [-0.25, -0.2) is 0 Å². The number of ether oxygens (including phenoxy) is 1.